The maximum absolute atomic E-state index is 13.3. The molecular formula is C27H28N2O4. The van der Waals surface area contributed by atoms with Gasteiger partial charge in [-0.05, 0) is 48.2 Å². The first kappa shape index (κ1) is 22.4. The van der Waals surface area contributed by atoms with Crippen molar-refractivity contribution in [1.82, 2.24) is 9.80 Å². The van der Waals surface area contributed by atoms with Gasteiger partial charge in [-0.25, -0.2) is 0 Å². The Bertz CT molecular complexity index is 1130. The number of methoxy groups -OCH3 is 1. The highest BCUT2D eigenvalue weighted by atomic mass is 16.5. The van der Waals surface area contributed by atoms with Gasteiger partial charge in [0.1, 0.15) is 11.5 Å². The molecule has 0 aromatic heterocycles. The van der Waals surface area contributed by atoms with Crippen LogP contribution in [0.1, 0.15) is 38.3 Å². The second kappa shape index (κ2) is 10.2. The summed E-state index contributed by atoms with van der Waals surface area (Å²) in [7, 11) is 1.55. The minimum absolute atomic E-state index is 0.0250. The van der Waals surface area contributed by atoms with Crippen LogP contribution in [0.5, 0.6) is 11.5 Å². The number of amides is 2. The summed E-state index contributed by atoms with van der Waals surface area (Å²) < 4.78 is 5.33. The maximum atomic E-state index is 13.3. The fraction of sp³-hybridized carbons (Fsp3) is 0.259. The van der Waals surface area contributed by atoms with Crippen LogP contribution in [0, 0.1) is 0 Å². The summed E-state index contributed by atoms with van der Waals surface area (Å²) >= 11 is 0. The zero-order chi connectivity index (χ0) is 23.2. The zero-order valence-corrected chi connectivity index (χ0v) is 18.7. The Balaban J connectivity index is 1.46. The van der Waals surface area contributed by atoms with Gasteiger partial charge in [0, 0.05) is 26.2 Å². The summed E-state index contributed by atoms with van der Waals surface area (Å²) in [6, 6.07) is 22.4. The van der Waals surface area contributed by atoms with Crippen molar-refractivity contribution in [3.05, 3.63) is 95.1 Å². The molecule has 170 valence electrons. The predicted molar refractivity (Wildman–Crippen MR) is 127 cm³/mol. The highest BCUT2D eigenvalue weighted by Crippen LogP contribution is 2.24. The Morgan fingerprint density at radius 2 is 1.42 bits per heavy atom. The number of benzene rings is 3. The van der Waals surface area contributed by atoms with Crippen LogP contribution in [0.15, 0.2) is 72.8 Å². The van der Waals surface area contributed by atoms with E-state index in [1.165, 1.54) is 0 Å². The van der Waals surface area contributed by atoms with Crippen LogP contribution < -0.4 is 4.74 Å². The van der Waals surface area contributed by atoms with Crippen molar-refractivity contribution < 1.29 is 19.4 Å². The number of rotatable bonds is 5. The molecule has 1 heterocycles. The van der Waals surface area contributed by atoms with Gasteiger partial charge in [0.15, 0.2) is 0 Å². The molecule has 0 atom stereocenters. The summed E-state index contributed by atoms with van der Waals surface area (Å²) in [4.78, 5) is 29.8. The normalized spacial score (nSPS) is 14.0. The van der Waals surface area contributed by atoms with E-state index in [9.17, 15) is 14.7 Å². The number of carbonyl (C=O) groups is 2. The molecule has 1 aliphatic heterocycles. The molecule has 1 fully saturated rings. The molecule has 1 N–H and O–H groups in total. The summed E-state index contributed by atoms with van der Waals surface area (Å²) in [5.41, 5.74) is 2.92. The third-order valence-electron chi connectivity index (χ3n) is 5.95. The van der Waals surface area contributed by atoms with Gasteiger partial charge in [-0.3, -0.25) is 9.59 Å². The quantitative estimate of drug-likeness (QED) is 0.646. The molecule has 0 unspecified atom stereocenters. The molecule has 0 saturated carbocycles. The predicted octanol–water partition coefficient (Wildman–Crippen LogP) is 3.98. The molecule has 33 heavy (non-hydrogen) atoms. The lowest BCUT2D eigenvalue weighted by molar-refractivity contribution is 0.0715. The fourth-order valence-corrected chi connectivity index (χ4v) is 4.18. The van der Waals surface area contributed by atoms with E-state index < -0.39 is 0 Å². The zero-order valence-electron chi connectivity index (χ0n) is 18.7. The minimum Gasteiger partial charge on any atom is -0.507 e. The third-order valence-corrected chi connectivity index (χ3v) is 5.95. The van der Waals surface area contributed by atoms with Gasteiger partial charge in [0.2, 0.25) is 0 Å². The van der Waals surface area contributed by atoms with Gasteiger partial charge < -0.3 is 19.6 Å². The molecule has 1 aliphatic rings. The molecule has 0 spiro atoms. The van der Waals surface area contributed by atoms with Crippen molar-refractivity contribution >= 4 is 11.8 Å². The highest BCUT2D eigenvalue weighted by Gasteiger charge is 2.26. The molecule has 0 radical (unpaired) electrons. The van der Waals surface area contributed by atoms with E-state index in [1.807, 2.05) is 48.5 Å². The van der Waals surface area contributed by atoms with Crippen molar-refractivity contribution in [1.29, 1.82) is 0 Å². The van der Waals surface area contributed by atoms with Gasteiger partial charge in [-0.15, -0.1) is 0 Å². The average molecular weight is 445 g/mol. The Morgan fingerprint density at radius 3 is 2.12 bits per heavy atom. The smallest absolute Gasteiger partial charge is 0.257 e. The SMILES string of the molecule is COc1ccccc1C(=O)N1CCCN(C(=O)c2cc(Cc3ccccc3)ccc2O)CC1. The van der Waals surface area contributed by atoms with Crippen LogP contribution in [0.25, 0.3) is 0 Å². The summed E-state index contributed by atoms with van der Waals surface area (Å²) in [6.07, 6.45) is 1.35. The first-order valence-corrected chi connectivity index (χ1v) is 11.1. The number of hydrogen-bond acceptors (Lipinski definition) is 4. The molecule has 6 heteroatoms. The second-order valence-corrected chi connectivity index (χ2v) is 8.15. The van der Waals surface area contributed by atoms with Gasteiger partial charge >= 0.3 is 0 Å². The van der Waals surface area contributed by atoms with E-state index in [1.54, 1.807) is 41.2 Å². The lowest BCUT2D eigenvalue weighted by Crippen LogP contribution is -2.37. The fourth-order valence-electron chi connectivity index (χ4n) is 4.18. The number of aromatic hydroxyl groups is 1. The Kier molecular flexibility index (Phi) is 6.93. The molecule has 4 rings (SSSR count). The number of para-hydroxylation sites is 1. The van der Waals surface area contributed by atoms with Gasteiger partial charge in [-0.1, -0.05) is 48.5 Å². The third kappa shape index (κ3) is 5.17. The van der Waals surface area contributed by atoms with Crippen LogP contribution in [0.4, 0.5) is 0 Å². The van der Waals surface area contributed by atoms with Crippen molar-refractivity contribution in [3.63, 3.8) is 0 Å². The standard InChI is InChI=1S/C27H28N2O4/c1-33-25-11-6-5-10-22(25)26(31)28-14-7-15-29(17-16-28)27(32)23-19-21(12-13-24(23)30)18-20-8-3-2-4-9-20/h2-6,8-13,19,30H,7,14-18H2,1H3. The lowest BCUT2D eigenvalue weighted by atomic mass is 10.0. The number of phenolic OH excluding ortho intramolecular Hbond substituents is 1. The molecule has 0 aliphatic carbocycles. The molecule has 0 bridgehead atoms. The van der Waals surface area contributed by atoms with Crippen LogP contribution in [0.2, 0.25) is 0 Å². The molecule has 3 aromatic rings. The number of carbonyl (C=O) groups excluding carboxylic acids is 2. The van der Waals surface area contributed by atoms with Gasteiger partial charge in [0.05, 0.1) is 18.2 Å². The van der Waals surface area contributed by atoms with Crippen LogP contribution in [-0.4, -0.2) is 60.0 Å². The van der Waals surface area contributed by atoms with Crippen molar-refractivity contribution in [2.75, 3.05) is 33.3 Å². The van der Waals surface area contributed by atoms with Crippen molar-refractivity contribution in [2.45, 2.75) is 12.8 Å². The average Bonchev–Trinajstić information content (AvgIpc) is 3.11. The second-order valence-electron chi connectivity index (χ2n) is 8.15. The van der Waals surface area contributed by atoms with E-state index in [2.05, 4.69) is 0 Å². The summed E-state index contributed by atoms with van der Waals surface area (Å²) in [5.74, 6) is 0.200. The van der Waals surface area contributed by atoms with Crippen LogP contribution >= 0.6 is 0 Å². The van der Waals surface area contributed by atoms with Gasteiger partial charge in [0.25, 0.3) is 11.8 Å². The highest BCUT2D eigenvalue weighted by molar-refractivity contribution is 5.98. The number of hydrogen-bond donors (Lipinski definition) is 1. The minimum atomic E-state index is -0.214. The summed E-state index contributed by atoms with van der Waals surface area (Å²) in [5, 5.41) is 10.4. The number of nitrogens with zero attached hydrogens (tertiary/aromatic N) is 2. The molecule has 2 amide bonds. The van der Waals surface area contributed by atoms with E-state index in [4.69, 9.17) is 4.74 Å². The monoisotopic (exact) mass is 444 g/mol. The van der Waals surface area contributed by atoms with E-state index >= 15 is 0 Å². The Morgan fingerprint density at radius 1 is 0.788 bits per heavy atom. The van der Waals surface area contributed by atoms with Crippen molar-refractivity contribution in [3.8, 4) is 11.5 Å². The van der Waals surface area contributed by atoms with Crippen LogP contribution in [0.3, 0.4) is 0 Å². The Labute approximate surface area is 194 Å². The first-order chi connectivity index (χ1) is 16.1. The van der Waals surface area contributed by atoms with Crippen LogP contribution in [-0.2, 0) is 6.42 Å². The van der Waals surface area contributed by atoms with Crippen molar-refractivity contribution in [2.24, 2.45) is 0 Å². The largest absolute Gasteiger partial charge is 0.507 e. The number of phenols is 1. The van der Waals surface area contributed by atoms with Gasteiger partial charge in [-0.2, -0.15) is 0 Å². The molecular weight excluding hydrogens is 416 g/mol. The first-order valence-electron chi connectivity index (χ1n) is 11.1. The Hall–Kier alpha value is -3.80. The lowest BCUT2D eigenvalue weighted by Gasteiger charge is -2.23. The van der Waals surface area contributed by atoms with E-state index in [-0.39, 0.29) is 17.6 Å². The topological polar surface area (TPSA) is 70.1 Å². The summed E-state index contributed by atoms with van der Waals surface area (Å²) in [6.45, 7) is 1.91. The van der Waals surface area contributed by atoms with E-state index in [0.29, 0.717) is 55.9 Å². The molecule has 6 nitrogen and oxygen atoms in total. The number of ether oxygens (including phenoxy) is 1. The molecule has 3 aromatic carbocycles. The van der Waals surface area contributed by atoms with E-state index in [0.717, 1.165) is 11.1 Å². The molecule has 1 saturated heterocycles. The maximum Gasteiger partial charge on any atom is 0.257 e.